The van der Waals surface area contributed by atoms with Crippen molar-refractivity contribution in [2.45, 2.75) is 17.7 Å². The van der Waals surface area contributed by atoms with E-state index in [1.807, 2.05) is 0 Å². The smallest absolute Gasteiger partial charge is 0.242 e. The van der Waals surface area contributed by atoms with Gasteiger partial charge in [0.1, 0.15) is 4.90 Å². The van der Waals surface area contributed by atoms with Crippen LogP contribution in [0.25, 0.3) is 0 Å². The molecule has 1 aromatic carbocycles. The maximum absolute atomic E-state index is 12.4. The van der Waals surface area contributed by atoms with Crippen LogP contribution in [-0.4, -0.2) is 28.2 Å². The summed E-state index contributed by atoms with van der Waals surface area (Å²) in [5.74, 6) is 0.227. The van der Waals surface area contributed by atoms with Crippen molar-refractivity contribution in [1.82, 2.24) is 4.72 Å². The maximum atomic E-state index is 12.4. The molecule has 1 aromatic rings. The predicted molar refractivity (Wildman–Crippen MR) is 85.0 cm³/mol. The molecule has 8 heteroatoms. The lowest BCUT2D eigenvalue weighted by molar-refractivity contribution is 0.0568. The molecule has 1 saturated heterocycles. The van der Waals surface area contributed by atoms with E-state index >= 15 is 0 Å². The lowest BCUT2D eigenvalue weighted by Gasteiger charge is -2.22. The summed E-state index contributed by atoms with van der Waals surface area (Å²) in [6.07, 6.45) is 1.95. The number of rotatable bonds is 4. The first kappa shape index (κ1) is 16.2. The highest BCUT2D eigenvalue weighted by molar-refractivity contribution is 9.11. The summed E-state index contributed by atoms with van der Waals surface area (Å²) in [6.45, 7) is 1.75. The number of ether oxygens (including phenoxy) is 1. The fourth-order valence-corrected chi connectivity index (χ4v) is 5.84. The topological polar surface area (TPSA) is 81.4 Å². The van der Waals surface area contributed by atoms with Gasteiger partial charge in [-0.15, -0.1) is 0 Å². The molecular weight excluding hydrogens is 412 g/mol. The van der Waals surface area contributed by atoms with Crippen LogP contribution in [0.1, 0.15) is 12.8 Å². The average molecular weight is 428 g/mol. The van der Waals surface area contributed by atoms with Gasteiger partial charge in [-0.2, -0.15) is 0 Å². The number of nitrogens with two attached hydrogens (primary N) is 1. The molecule has 2 rings (SSSR count). The van der Waals surface area contributed by atoms with Gasteiger partial charge in [-0.1, -0.05) is 0 Å². The van der Waals surface area contributed by atoms with Crippen LogP contribution in [0.5, 0.6) is 0 Å². The van der Waals surface area contributed by atoms with E-state index in [0.29, 0.717) is 27.8 Å². The van der Waals surface area contributed by atoms with Crippen LogP contribution in [0.2, 0.25) is 0 Å². The second-order valence-corrected chi connectivity index (χ2v) is 8.16. The zero-order valence-corrected chi connectivity index (χ0v) is 14.7. The second kappa shape index (κ2) is 6.74. The van der Waals surface area contributed by atoms with E-state index in [2.05, 4.69) is 36.6 Å². The molecule has 3 N–H and O–H groups in total. The SMILES string of the molecule is Nc1cc(Br)c(S(=O)(=O)NCC2CCCOC2)c(Br)c1. The van der Waals surface area contributed by atoms with Gasteiger partial charge >= 0.3 is 0 Å². The van der Waals surface area contributed by atoms with Gasteiger partial charge in [0.05, 0.1) is 6.61 Å². The van der Waals surface area contributed by atoms with Gasteiger partial charge in [0.2, 0.25) is 10.0 Å². The lowest BCUT2D eigenvalue weighted by Crippen LogP contribution is -2.33. The van der Waals surface area contributed by atoms with Gasteiger partial charge < -0.3 is 10.5 Å². The molecule has 1 heterocycles. The standard InChI is InChI=1S/C12H16Br2N2O3S/c13-10-4-9(15)5-11(14)12(10)20(17,18)16-6-8-2-1-3-19-7-8/h4-5,8,16H,1-3,6-7,15H2. The first-order valence-electron chi connectivity index (χ1n) is 6.22. The molecule has 1 atom stereocenters. The molecule has 1 unspecified atom stereocenters. The molecule has 0 bridgehead atoms. The number of anilines is 1. The Morgan fingerprint density at radius 2 is 2.00 bits per heavy atom. The Balaban J connectivity index is 2.14. The molecule has 0 saturated carbocycles. The summed E-state index contributed by atoms with van der Waals surface area (Å²) in [6, 6.07) is 3.14. The number of nitrogens with one attached hydrogen (secondary N) is 1. The Bertz CT molecular complexity index is 563. The van der Waals surface area contributed by atoms with Crippen molar-refractivity contribution in [3.8, 4) is 0 Å². The Labute approximate surface area is 135 Å². The molecule has 0 aromatic heterocycles. The van der Waals surface area contributed by atoms with Gasteiger partial charge in [-0.25, -0.2) is 13.1 Å². The molecular formula is C12H16Br2N2O3S. The molecule has 5 nitrogen and oxygen atoms in total. The van der Waals surface area contributed by atoms with Crippen molar-refractivity contribution in [2.75, 3.05) is 25.5 Å². The largest absolute Gasteiger partial charge is 0.399 e. The Morgan fingerprint density at radius 3 is 2.55 bits per heavy atom. The van der Waals surface area contributed by atoms with E-state index < -0.39 is 10.0 Å². The third-order valence-electron chi connectivity index (χ3n) is 3.11. The molecule has 0 aliphatic carbocycles. The lowest BCUT2D eigenvalue weighted by atomic mass is 10.0. The quantitative estimate of drug-likeness (QED) is 0.723. The minimum Gasteiger partial charge on any atom is -0.399 e. The molecule has 112 valence electrons. The monoisotopic (exact) mass is 426 g/mol. The summed E-state index contributed by atoms with van der Waals surface area (Å²) in [4.78, 5) is 0.170. The third kappa shape index (κ3) is 3.94. The minimum atomic E-state index is -3.59. The second-order valence-electron chi connectivity index (χ2n) is 4.75. The van der Waals surface area contributed by atoms with E-state index in [1.165, 1.54) is 0 Å². The highest BCUT2D eigenvalue weighted by Gasteiger charge is 2.23. The number of benzene rings is 1. The van der Waals surface area contributed by atoms with Gasteiger partial charge in [-0.3, -0.25) is 0 Å². The van der Waals surface area contributed by atoms with Crippen molar-refractivity contribution in [3.63, 3.8) is 0 Å². The molecule has 0 spiro atoms. The van der Waals surface area contributed by atoms with Crippen LogP contribution >= 0.6 is 31.9 Å². The molecule has 20 heavy (non-hydrogen) atoms. The Hall–Kier alpha value is -0.150. The molecule has 0 amide bonds. The van der Waals surface area contributed by atoms with E-state index in [1.54, 1.807) is 12.1 Å². The van der Waals surface area contributed by atoms with Crippen molar-refractivity contribution in [2.24, 2.45) is 5.92 Å². The van der Waals surface area contributed by atoms with Crippen LogP contribution < -0.4 is 10.5 Å². The van der Waals surface area contributed by atoms with Crippen molar-refractivity contribution >= 4 is 47.6 Å². The third-order valence-corrected chi connectivity index (χ3v) is 6.41. The maximum Gasteiger partial charge on any atom is 0.242 e. The van der Waals surface area contributed by atoms with E-state index in [-0.39, 0.29) is 10.8 Å². The molecule has 1 aliphatic heterocycles. The van der Waals surface area contributed by atoms with Crippen LogP contribution in [0, 0.1) is 5.92 Å². The predicted octanol–water partition coefficient (Wildman–Crippen LogP) is 2.50. The summed E-state index contributed by atoms with van der Waals surface area (Å²) >= 11 is 6.49. The summed E-state index contributed by atoms with van der Waals surface area (Å²) in [5, 5.41) is 0. The van der Waals surface area contributed by atoms with E-state index in [0.717, 1.165) is 19.4 Å². The fraction of sp³-hybridized carbons (Fsp3) is 0.500. The van der Waals surface area contributed by atoms with Crippen molar-refractivity contribution in [3.05, 3.63) is 21.1 Å². The van der Waals surface area contributed by atoms with Crippen LogP contribution in [0.3, 0.4) is 0 Å². The minimum absolute atomic E-state index is 0.170. The van der Waals surface area contributed by atoms with E-state index in [4.69, 9.17) is 10.5 Å². The Kier molecular flexibility index (Phi) is 5.47. The summed E-state index contributed by atoms with van der Waals surface area (Å²) in [7, 11) is -3.59. The zero-order chi connectivity index (χ0) is 14.8. The molecule has 1 aliphatic rings. The number of halogens is 2. The summed E-state index contributed by atoms with van der Waals surface area (Å²) in [5.41, 5.74) is 6.16. The first-order chi connectivity index (χ1) is 9.40. The van der Waals surface area contributed by atoms with Gasteiger partial charge in [-0.05, 0) is 62.8 Å². The van der Waals surface area contributed by atoms with E-state index in [9.17, 15) is 8.42 Å². The van der Waals surface area contributed by atoms with Gasteiger partial charge in [0.15, 0.2) is 0 Å². The number of hydrogen-bond donors (Lipinski definition) is 2. The first-order valence-corrected chi connectivity index (χ1v) is 9.29. The van der Waals surface area contributed by atoms with Crippen molar-refractivity contribution in [1.29, 1.82) is 0 Å². The number of hydrogen-bond acceptors (Lipinski definition) is 4. The Morgan fingerprint density at radius 1 is 1.35 bits per heavy atom. The average Bonchev–Trinajstić information content (AvgIpc) is 2.36. The molecule has 1 fully saturated rings. The highest BCUT2D eigenvalue weighted by atomic mass is 79.9. The van der Waals surface area contributed by atoms with Crippen LogP contribution in [-0.2, 0) is 14.8 Å². The number of sulfonamides is 1. The number of nitrogen functional groups attached to an aromatic ring is 1. The summed E-state index contributed by atoms with van der Waals surface area (Å²) < 4.78 is 33.6. The van der Waals surface area contributed by atoms with Crippen LogP contribution in [0.15, 0.2) is 26.0 Å². The van der Waals surface area contributed by atoms with Crippen molar-refractivity contribution < 1.29 is 13.2 Å². The van der Waals surface area contributed by atoms with Crippen LogP contribution in [0.4, 0.5) is 5.69 Å². The van der Waals surface area contributed by atoms with Gasteiger partial charge in [0.25, 0.3) is 0 Å². The normalized spacial score (nSPS) is 20.0. The highest BCUT2D eigenvalue weighted by Crippen LogP contribution is 2.32. The van der Waals surface area contributed by atoms with Gasteiger partial charge in [0, 0.05) is 27.8 Å². The molecule has 0 radical (unpaired) electrons. The zero-order valence-electron chi connectivity index (χ0n) is 10.7. The fourth-order valence-electron chi connectivity index (χ4n) is 2.10.